The molecule has 0 heterocycles. The Bertz CT molecular complexity index is 326. The molecule has 1 saturated carbocycles. The lowest BCUT2D eigenvalue weighted by Crippen LogP contribution is -2.47. The molecule has 0 unspecified atom stereocenters. The zero-order valence-corrected chi connectivity index (χ0v) is 12.4. The van der Waals surface area contributed by atoms with Gasteiger partial charge in [-0.3, -0.25) is 4.79 Å². The topological polar surface area (TPSA) is 53.3 Å². The summed E-state index contributed by atoms with van der Waals surface area (Å²) < 4.78 is 5.07. The average molecular weight is 266 g/mol. The van der Waals surface area contributed by atoms with Crippen molar-refractivity contribution in [3.8, 4) is 6.07 Å². The molecule has 0 saturated heterocycles. The molecular weight excluding hydrogens is 240 g/mol. The van der Waals surface area contributed by atoms with Gasteiger partial charge < -0.3 is 9.64 Å². The number of nitrogens with zero attached hydrogens (tertiary/aromatic N) is 2. The summed E-state index contributed by atoms with van der Waals surface area (Å²) in [6.07, 6.45) is 5.65. The summed E-state index contributed by atoms with van der Waals surface area (Å²) in [5.41, 5.74) is -0.797. The first kappa shape index (κ1) is 16.0. The summed E-state index contributed by atoms with van der Waals surface area (Å²) >= 11 is 0. The highest BCUT2D eigenvalue weighted by molar-refractivity contribution is 5.85. The Labute approximate surface area is 116 Å². The molecule has 0 atom stereocenters. The summed E-state index contributed by atoms with van der Waals surface area (Å²) in [7, 11) is 1.63. The minimum Gasteiger partial charge on any atom is -0.383 e. The second kappa shape index (κ2) is 7.49. The summed E-state index contributed by atoms with van der Waals surface area (Å²) in [6, 6.07) is 2.44. The van der Waals surface area contributed by atoms with Crippen LogP contribution in [0.1, 0.15) is 52.4 Å². The Balaban J connectivity index is 2.87. The van der Waals surface area contributed by atoms with Crippen LogP contribution in [0.3, 0.4) is 0 Å². The van der Waals surface area contributed by atoms with Gasteiger partial charge in [-0.2, -0.15) is 5.26 Å². The predicted molar refractivity (Wildman–Crippen MR) is 74.5 cm³/mol. The molecule has 1 aliphatic carbocycles. The summed E-state index contributed by atoms with van der Waals surface area (Å²) in [4.78, 5) is 14.6. The molecule has 1 aliphatic rings. The second-order valence-corrected chi connectivity index (χ2v) is 5.69. The van der Waals surface area contributed by atoms with E-state index in [-0.39, 0.29) is 11.9 Å². The van der Waals surface area contributed by atoms with Crippen molar-refractivity contribution in [1.29, 1.82) is 5.26 Å². The summed E-state index contributed by atoms with van der Waals surface area (Å²) in [5, 5.41) is 9.56. The maximum Gasteiger partial charge on any atom is 0.243 e. The van der Waals surface area contributed by atoms with Gasteiger partial charge in [0.25, 0.3) is 0 Å². The smallest absolute Gasteiger partial charge is 0.243 e. The van der Waals surface area contributed by atoms with Gasteiger partial charge in [-0.05, 0) is 26.7 Å². The number of amides is 1. The van der Waals surface area contributed by atoms with Crippen molar-refractivity contribution >= 4 is 5.91 Å². The standard InChI is InChI=1S/C15H26N2O2/c1-13(2)17(10-11-19-3)14(18)15(12-16)8-6-4-5-7-9-15/h13H,4-11H2,1-3H3. The number of hydrogen-bond donors (Lipinski definition) is 0. The van der Waals surface area contributed by atoms with Crippen molar-refractivity contribution in [1.82, 2.24) is 4.90 Å². The monoisotopic (exact) mass is 266 g/mol. The van der Waals surface area contributed by atoms with Crippen LogP contribution in [0.2, 0.25) is 0 Å². The van der Waals surface area contributed by atoms with Gasteiger partial charge in [-0.15, -0.1) is 0 Å². The third-order valence-corrected chi connectivity index (χ3v) is 4.00. The van der Waals surface area contributed by atoms with E-state index in [0.717, 1.165) is 25.7 Å². The molecule has 108 valence electrons. The number of nitriles is 1. The summed E-state index contributed by atoms with van der Waals surface area (Å²) in [6.45, 7) is 5.08. The van der Waals surface area contributed by atoms with Gasteiger partial charge in [-0.25, -0.2) is 0 Å². The minimum atomic E-state index is -0.797. The van der Waals surface area contributed by atoms with Crippen molar-refractivity contribution in [3.05, 3.63) is 0 Å². The zero-order chi connectivity index (χ0) is 14.3. The number of carbonyl (C=O) groups excluding carboxylic acids is 1. The van der Waals surface area contributed by atoms with E-state index in [0.29, 0.717) is 26.0 Å². The molecule has 0 aromatic carbocycles. The third kappa shape index (κ3) is 3.94. The van der Waals surface area contributed by atoms with E-state index in [1.54, 1.807) is 12.0 Å². The van der Waals surface area contributed by atoms with Crippen molar-refractivity contribution in [2.24, 2.45) is 5.41 Å². The quantitative estimate of drug-likeness (QED) is 0.719. The Morgan fingerprint density at radius 2 is 1.89 bits per heavy atom. The van der Waals surface area contributed by atoms with E-state index in [4.69, 9.17) is 4.74 Å². The van der Waals surface area contributed by atoms with Gasteiger partial charge in [0.1, 0.15) is 5.41 Å². The third-order valence-electron chi connectivity index (χ3n) is 4.00. The molecule has 0 N–H and O–H groups in total. The van der Waals surface area contributed by atoms with Gasteiger partial charge in [0.05, 0.1) is 12.7 Å². The Morgan fingerprint density at radius 1 is 1.32 bits per heavy atom. The molecule has 0 aliphatic heterocycles. The molecular formula is C15H26N2O2. The molecule has 1 fully saturated rings. The van der Waals surface area contributed by atoms with Crippen molar-refractivity contribution < 1.29 is 9.53 Å². The van der Waals surface area contributed by atoms with Gasteiger partial charge in [0, 0.05) is 19.7 Å². The largest absolute Gasteiger partial charge is 0.383 e. The van der Waals surface area contributed by atoms with E-state index >= 15 is 0 Å². The lowest BCUT2D eigenvalue weighted by molar-refractivity contribution is -0.142. The number of hydrogen-bond acceptors (Lipinski definition) is 3. The molecule has 0 radical (unpaired) electrons. The molecule has 1 rings (SSSR count). The molecule has 4 heteroatoms. The number of methoxy groups -OCH3 is 1. The summed E-state index contributed by atoms with van der Waals surface area (Å²) in [5.74, 6) is 0.00366. The van der Waals surface area contributed by atoms with E-state index in [1.807, 2.05) is 13.8 Å². The van der Waals surface area contributed by atoms with E-state index in [2.05, 4.69) is 6.07 Å². The Kier molecular flexibility index (Phi) is 6.30. The van der Waals surface area contributed by atoms with Crippen LogP contribution in [0.5, 0.6) is 0 Å². The Morgan fingerprint density at radius 3 is 2.32 bits per heavy atom. The van der Waals surface area contributed by atoms with Crippen LogP contribution in [-0.4, -0.2) is 37.1 Å². The van der Waals surface area contributed by atoms with Crippen LogP contribution >= 0.6 is 0 Å². The highest BCUT2D eigenvalue weighted by Gasteiger charge is 2.42. The first-order valence-electron chi connectivity index (χ1n) is 7.28. The van der Waals surface area contributed by atoms with Crippen molar-refractivity contribution in [2.75, 3.05) is 20.3 Å². The first-order chi connectivity index (χ1) is 9.07. The highest BCUT2D eigenvalue weighted by atomic mass is 16.5. The zero-order valence-electron chi connectivity index (χ0n) is 12.4. The SMILES string of the molecule is COCCN(C(=O)C1(C#N)CCCCCC1)C(C)C. The van der Waals surface area contributed by atoms with Crippen LogP contribution in [0, 0.1) is 16.7 Å². The fourth-order valence-corrected chi connectivity index (χ4v) is 2.76. The molecule has 1 amide bonds. The molecule has 19 heavy (non-hydrogen) atoms. The maximum atomic E-state index is 12.8. The molecule has 0 spiro atoms. The fourth-order valence-electron chi connectivity index (χ4n) is 2.76. The predicted octanol–water partition coefficient (Wildman–Crippen LogP) is 2.73. The van der Waals surface area contributed by atoms with Crippen LogP contribution in [0.25, 0.3) is 0 Å². The van der Waals surface area contributed by atoms with Crippen molar-refractivity contribution in [3.63, 3.8) is 0 Å². The lowest BCUT2D eigenvalue weighted by Gasteiger charge is -2.34. The average Bonchev–Trinajstić information content (AvgIpc) is 2.64. The highest BCUT2D eigenvalue weighted by Crippen LogP contribution is 2.36. The van der Waals surface area contributed by atoms with E-state index in [1.165, 1.54) is 0 Å². The van der Waals surface area contributed by atoms with Crippen LogP contribution < -0.4 is 0 Å². The number of carbonyl (C=O) groups is 1. The minimum absolute atomic E-state index is 0.00366. The van der Waals surface area contributed by atoms with Crippen LogP contribution in [0.4, 0.5) is 0 Å². The molecule has 0 bridgehead atoms. The van der Waals surface area contributed by atoms with Gasteiger partial charge in [0.15, 0.2) is 0 Å². The number of rotatable bonds is 5. The van der Waals surface area contributed by atoms with Crippen molar-refractivity contribution in [2.45, 2.75) is 58.4 Å². The van der Waals surface area contributed by atoms with E-state index in [9.17, 15) is 10.1 Å². The maximum absolute atomic E-state index is 12.8. The van der Waals surface area contributed by atoms with Crippen LogP contribution in [0.15, 0.2) is 0 Å². The molecule has 0 aromatic heterocycles. The second-order valence-electron chi connectivity index (χ2n) is 5.69. The Hall–Kier alpha value is -1.08. The van der Waals surface area contributed by atoms with Gasteiger partial charge in [0.2, 0.25) is 5.91 Å². The molecule has 4 nitrogen and oxygen atoms in total. The normalized spacial score (nSPS) is 18.7. The van der Waals surface area contributed by atoms with Crippen LogP contribution in [-0.2, 0) is 9.53 Å². The first-order valence-corrected chi connectivity index (χ1v) is 7.28. The van der Waals surface area contributed by atoms with E-state index < -0.39 is 5.41 Å². The van der Waals surface area contributed by atoms with Gasteiger partial charge in [-0.1, -0.05) is 25.7 Å². The fraction of sp³-hybridized carbons (Fsp3) is 0.867. The number of ether oxygens (including phenoxy) is 1. The lowest BCUT2D eigenvalue weighted by atomic mass is 9.80. The molecule has 0 aromatic rings. The van der Waals surface area contributed by atoms with Gasteiger partial charge >= 0.3 is 0 Å².